The molecule has 0 aliphatic carbocycles. The lowest BCUT2D eigenvalue weighted by Gasteiger charge is -2.26. The van der Waals surface area contributed by atoms with Crippen LogP contribution in [-0.4, -0.2) is 33.5 Å². The van der Waals surface area contributed by atoms with E-state index >= 15 is 0 Å². The van der Waals surface area contributed by atoms with E-state index in [1.54, 1.807) is 32.4 Å². The van der Waals surface area contributed by atoms with Crippen LogP contribution in [0.5, 0.6) is 11.5 Å². The van der Waals surface area contributed by atoms with Crippen molar-refractivity contribution in [3.05, 3.63) is 52.5 Å². The number of sulfonamides is 1. The number of nitrogens with zero attached hydrogens (tertiary/aromatic N) is 2. The Morgan fingerprint density at radius 1 is 1.19 bits per heavy atom. The molecule has 0 bridgehead atoms. The van der Waals surface area contributed by atoms with Crippen LogP contribution < -0.4 is 9.47 Å². The van der Waals surface area contributed by atoms with Crippen LogP contribution in [0.1, 0.15) is 30.0 Å². The van der Waals surface area contributed by atoms with Crippen LogP contribution >= 0.6 is 11.6 Å². The van der Waals surface area contributed by atoms with Crippen molar-refractivity contribution in [1.29, 1.82) is 5.26 Å². The molecule has 1 aliphatic rings. The van der Waals surface area contributed by atoms with Crippen molar-refractivity contribution in [3.63, 3.8) is 0 Å². The summed E-state index contributed by atoms with van der Waals surface area (Å²) in [5.74, 6) is 1.24. The molecule has 0 saturated carbocycles. The van der Waals surface area contributed by atoms with E-state index in [0.29, 0.717) is 24.5 Å². The van der Waals surface area contributed by atoms with E-state index in [1.165, 1.54) is 22.5 Å². The molecule has 3 rings (SSSR count). The molecule has 142 valence electrons. The SMILES string of the molecule is COc1ccc(OC)c(C2CCCN2S(=O)(=O)c2ccc(Cl)c(C#N)c2)c1. The molecular formula is C19H19ClN2O4S. The lowest BCUT2D eigenvalue weighted by Crippen LogP contribution is -2.31. The van der Waals surface area contributed by atoms with E-state index in [0.717, 1.165) is 12.0 Å². The molecule has 6 nitrogen and oxygen atoms in total. The van der Waals surface area contributed by atoms with Crippen LogP contribution in [0.3, 0.4) is 0 Å². The van der Waals surface area contributed by atoms with Crippen LogP contribution in [0.25, 0.3) is 0 Å². The number of methoxy groups -OCH3 is 2. The predicted octanol–water partition coefficient (Wildman–Crippen LogP) is 3.75. The standard InChI is InChI=1S/C19H19ClN2O4S/c1-25-14-5-8-19(26-2)16(11-14)18-4-3-9-22(18)27(23,24)15-6-7-17(20)13(10-15)12-21/h5-8,10-11,18H,3-4,9H2,1-2H3. The zero-order chi connectivity index (χ0) is 19.6. The summed E-state index contributed by atoms with van der Waals surface area (Å²) in [6.45, 7) is 0.387. The highest BCUT2D eigenvalue weighted by molar-refractivity contribution is 7.89. The Labute approximate surface area is 163 Å². The average molecular weight is 407 g/mol. The van der Waals surface area contributed by atoms with Crippen LogP contribution in [0.4, 0.5) is 0 Å². The van der Waals surface area contributed by atoms with E-state index in [1.807, 2.05) is 6.07 Å². The maximum Gasteiger partial charge on any atom is 0.243 e. The molecule has 0 radical (unpaired) electrons. The fraction of sp³-hybridized carbons (Fsp3) is 0.316. The minimum atomic E-state index is -3.80. The smallest absolute Gasteiger partial charge is 0.243 e. The predicted molar refractivity (Wildman–Crippen MR) is 102 cm³/mol. The van der Waals surface area contributed by atoms with Gasteiger partial charge in [-0.1, -0.05) is 11.6 Å². The average Bonchev–Trinajstić information content (AvgIpc) is 3.18. The summed E-state index contributed by atoms with van der Waals surface area (Å²) >= 11 is 5.94. The van der Waals surface area contributed by atoms with Crippen LogP contribution in [0.15, 0.2) is 41.3 Å². The molecule has 27 heavy (non-hydrogen) atoms. The Morgan fingerprint density at radius 3 is 2.63 bits per heavy atom. The van der Waals surface area contributed by atoms with Crippen molar-refractivity contribution in [3.8, 4) is 17.6 Å². The van der Waals surface area contributed by atoms with E-state index < -0.39 is 10.0 Å². The van der Waals surface area contributed by atoms with Gasteiger partial charge in [-0.15, -0.1) is 0 Å². The zero-order valence-corrected chi connectivity index (χ0v) is 16.5. The first-order chi connectivity index (χ1) is 12.9. The molecule has 0 amide bonds. The summed E-state index contributed by atoms with van der Waals surface area (Å²) in [5.41, 5.74) is 0.889. The molecule has 1 atom stereocenters. The van der Waals surface area contributed by atoms with Gasteiger partial charge in [0.05, 0.1) is 35.7 Å². The first-order valence-electron chi connectivity index (χ1n) is 8.35. The highest BCUT2D eigenvalue weighted by Gasteiger charge is 2.38. The van der Waals surface area contributed by atoms with Crippen molar-refractivity contribution < 1.29 is 17.9 Å². The summed E-state index contributed by atoms with van der Waals surface area (Å²) in [6.07, 6.45) is 1.39. The Balaban J connectivity index is 2.05. The molecule has 1 saturated heterocycles. The molecule has 0 aromatic heterocycles. The normalized spacial score (nSPS) is 17.5. The van der Waals surface area contributed by atoms with Gasteiger partial charge < -0.3 is 9.47 Å². The second-order valence-electron chi connectivity index (χ2n) is 6.14. The van der Waals surface area contributed by atoms with Gasteiger partial charge in [-0.2, -0.15) is 9.57 Å². The molecule has 1 fully saturated rings. The van der Waals surface area contributed by atoms with Gasteiger partial charge in [0.25, 0.3) is 0 Å². The topological polar surface area (TPSA) is 79.6 Å². The van der Waals surface area contributed by atoms with Crippen molar-refractivity contribution >= 4 is 21.6 Å². The highest BCUT2D eigenvalue weighted by Crippen LogP contribution is 2.41. The van der Waals surface area contributed by atoms with Gasteiger partial charge in [0.2, 0.25) is 10.0 Å². The van der Waals surface area contributed by atoms with Crippen molar-refractivity contribution in [2.24, 2.45) is 0 Å². The van der Waals surface area contributed by atoms with Crippen LogP contribution in [-0.2, 0) is 10.0 Å². The van der Waals surface area contributed by atoms with Crippen molar-refractivity contribution in [2.45, 2.75) is 23.8 Å². The molecule has 1 unspecified atom stereocenters. The van der Waals surface area contributed by atoms with Gasteiger partial charge in [-0.25, -0.2) is 8.42 Å². The number of benzene rings is 2. The molecule has 2 aromatic carbocycles. The van der Waals surface area contributed by atoms with E-state index in [9.17, 15) is 8.42 Å². The molecule has 1 heterocycles. The second-order valence-corrected chi connectivity index (χ2v) is 8.43. The fourth-order valence-corrected chi connectivity index (χ4v) is 5.19. The Hall–Kier alpha value is -2.27. The number of hydrogen-bond donors (Lipinski definition) is 0. The minimum Gasteiger partial charge on any atom is -0.497 e. The van der Waals surface area contributed by atoms with Crippen LogP contribution in [0.2, 0.25) is 5.02 Å². The first kappa shape index (κ1) is 19.5. The summed E-state index contributed by atoms with van der Waals surface area (Å²) in [5, 5.41) is 9.38. The highest BCUT2D eigenvalue weighted by atomic mass is 35.5. The largest absolute Gasteiger partial charge is 0.497 e. The summed E-state index contributed by atoms with van der Waals surface area (Å²) in [7, 11) is -0.688. The quantitative estimate of drug-likeness (QED) is 0.755. The summed E-state index contributed by atoms with van der Waals surface area (Å²) in [4.78, 5) is 0.0530. The lowest BCUT2D eigenvalue weighted by atomic mass is 10.0. The number of halogens is 1. The number of hydrogen-bond acceptors (Lipinski definition) is 5. The van der Waals surface area contributed by atoms with Crippen molar-refractivity contribution in [2.75, 3.05) is 20.8 Å². The minimum absolute atomic E-state index is 0.0530. The van der Waals surface area contributed by atoms with E-state index in [2.05, 4.69) is 0 Å². The van der Waals surface area contributed by atoms with Gasteiger partial charge >= 0.3 is 0 Å². The summed E-state index contributed by atoms with van der Waals surface area (Å²) in [6, 6.07) is 11.1. The van der Waals surface area contributed by atoms with Gasteiger partial charge in [0, 0.05) is 12.1 Å². The van der Waals surface area contributed by atoms with Gasteiger partial charge in [0.1, 0.15) is 17.6 Å². The van der Waals surface area contributed by atoms with Crippen molar-refractivity contribution in [1.82, 2.24) is 4.31 Å². The molecule has 2 aromatic rings. The van der Waals surface area contributed by atoms with Gasteiger partial charge in [-0.3, -0.25) is 0 Å². The monoisotopic (exact) mass is 406 g/mol. The lowest BCUT2D eigenvalue weighted by molar-refractivity contribution is 0.361. The van der Waals surface area contributed by atoms with E-state index in [4.69, 9.17) is 26.3 Å². The number of ether oxygens (including phenoxy) is 2. The summed E-state index contributed by atoms with van der Waals surface area (Å²) < 4.78 is 38.7. The number of rotatable bonds is 5. The molecule has 0 N–H and O–H groups in total. The third-order valence-corrected chi connectivity index (χ3v) is 6.90. The Morgan fingerprint density at radius 2 is 1.96 bits per heavy atom. The second kappa shape index (κ2) is 7.77. The zero-order valence-electron chi connectivity index (χ0n) is 15.0. The van der Waals surface area contributed by atoms with E-state index in [-0.39, 0.29) is 21.5 Å². The third-order valence-electron chi connectivity index (χ3n) is 4.66. The van der Waals surface area contributed by atoms with Crippen LogP contribution in [0, 0.1) is 11.3 Å². The molecular weight excluding hydrogens is 388 g/mol. The molecule has 8 heteroatoms. The third kappa shape index (κ3) is 3.61. The fourth-order valence-electron chi connectivity index (χ4n) is 3.32. The van der Waals surface area contributed by atoms with Gasteiger partial charge in [-0.05, 0) is 49.2 Å². The Bertz CT molecular complexity index is 1000. The maximum absolute atomic E-state index is 13.3. The Kier molecular flexibility index (Phi) is 5.61. The number of nitriles is 1. The molecule has 1 aliphatic heterocycles. The van der Waals surface area contributed by atoms with Gasteiger partial charge in [0.15, 0.2) is 0 Å². The molecule has 0 spiro atoms. The first-order valence-corrected chi connectivity index (χ1v) is 10.2. The maximum atomic E-state index is 13.3.